The van der Waals surface area contributed by atoms with Crippen molar-refractivity contribution in [1.82, 2.24) is 0 Å². The highest BCUT2D eigenvalue weighted by Gasteiger charge is 2.50. The van der Waals surface area contributed by atoms with Crippen LogP contribution in [0, 0.1) is 0 Å². The Hall–Kier alpha value is -0.740. The summed E-state index contributed by atoms with van der Waals surface area (Å²) in [5.41, 5.74) is -3.72. The Morgan fingerprint density at radius 3 is 2.00 bits per heavy atom. The van der Waals surface area contributed by atoms with E-state index in [1.165, 1.54) is 0 Å². The van der Waals surface area contributed by atoms with Crippen LogP contribution in [0.2, 0.25) is 0 Å². The molecule has 0 nitrogen and oxygen atoms in total. The Bertz CT molecular complexity index is 633. The van der Waals surface area contributed by atoms with Gasteiger partial charge in [-0.2, -0.15) is 0 Å². The van der Waals surface area contributed by atoms with Crippen molar-refractivity contribution in [3.05, 3.63) is 34.7 Å². The van der Waals surface area contributed by atoms with Gasteiger partial charge >= 0.3 is 5.51 Å². The topological polar surface area (TPSA) is 0 Å². The van der Waals surface area contributed by atoms with Crippen LogP contribution in [-0.4, -0.2) is 0 Å². The molecule has 0 amide bonds. The van der Waals surface area contributed by atoms with Gasteiger partial charge in [0.2, 0.25) is 0 Å². The monoisotopic (exact) mass is 336 g/mol. The highest BCUT2D eigenvalue weighted by atomic mass is 35.5. The van der Waals surface area contributed by atoms with Crippen molar-refractivity contribution in [2.75, 3.05) is 0 Å². The smallest absolute Gasteiger partial charge is 0.600 e. The van der Waals surface area contributed by atoms with Crippen LogP contribution in [0.1, 0.15) is 51.0 Å². The van der Waals surface area contributed by atoms with E-state index in [0.29, 0.717) is 9.58 Å². The number of thiophene rings is 1. The third kappa shape index (κ3) is 3.54. The lowest BCUT2D eigenvalue weighted by molar-refractivity contribution is -0.0869. The van der Waals surface area contributed by atoms with Gasteiger partial charge in [-0.05, 0) is 17.5 Å². The molecule has 1 aromatic heterocycles. The summed E-state index contributed by atoms with van der Waals surface area (Å²) in [5, 5.41) is 0.722. The Morgan fingerprint density at radius 2 is 1.57 bits per heavy atom. The number of rotatable bonds is 1. The van der Waals surface area contributed by atoms with Crippen LogP contribution in [0.5, 0.6) is 0 Å². The van der Waals surface area contributed by atoms with Crippen molar-refractivity contribution in [1.29, 1.82) is 0 Å². The van der Waals surface area contributed by atoms with E-state index in [1.807, 2.05) is 46.8 Å². The van der Waals surface area contributed by atoms with Crippen LogP contribution in [-0.2, 0) is 10.9 Å². The second-order valence-corrected chi connectivity index (χ2v) is 8.42. The van der Waals surface area contributed by atoms with E-state index in [1.54, 1.807) is 12.1 Å². The minimum Gasteiger partial charge on any atom is -1.00 e. The molecule has 0 radical (unpaired) electrons. The first kappa shape index (κ1) is 18.3. The molecule has 0 N–H and O–H groups in total. The van der Waals surface area contributed by atoms with Crippen molar-refractivity contribution in [2.24, 2.45) is 0 Å². The zero-order chi connectivity index (χ0) is 15.3. The van der Waals surface area contributed by atoms with Crippen molar-refractivity contribution < 1.29 is 25.6 Å². The number of benzene rings is 1. The molecule has 1 atom stereocenters. The lowest BCUT2D eigenvalue weighted by Gasteiger charge is -2.13. The number of fused-ring (bicyclic) bond motifs is 1. The molecule has 1 aromatic carbocycles. The molecule has 1 heterocycles. The fourth-order valence-electron chi connectivity index (χ4n) is 2.30. The lowest BCUT2D eigenvalue weighted by atomic mass is 9.94. The molecule has 2 rings (SSSR count). The fraction of sp³-hybridized carbons (Fsp3) is 0.500. The van der Waals surface area contributed by atoms with Gasteiger partial charge in [0.15, 0.2) is 9.58 Å². The summed E-state index contributed by atoms with van der Waals surface area (Å²) in [5.74, 6) is 0.234. The zero-order valence-corrected chi connectivity index (χ0v) is 14.4. The van der Waals surface area contributed by atoms with Gasteiger partial charge in [0.05, 0.1) is 10.5 Å². The molecule has 2 aromatic rings. The van der Waals surface area contributed by atoms with E-state index >= 15 is 0 Å². The summed E-state index contributed by atoms with van der Waals surface area (Å²) < 4.78 is 41.0. The van der Waals surface area contributed by atoms with E-state index in [0.717, 1.165) is 10.9 Å². The minimum absolute atomic E-state index is 0. The van der Waals surface area contributed by atoms with E-state index in [4.69, 9.17) is 0 Å². The molecule has 21 heavy (non-hydrogen) atoms. The predicted molar refractivity (Wildman–Crippen MR) is 80.5 cm³/mol. The van der Waals surface area contributed by atoms with Crippen LogP contribution < -0.4 is 12.4 Å². The zero-order valence-electron chi connectivity index (χ0n) is 12.8. The van der Waals surface area contributed by atoms with Gasteiger partial charge in [-0.3, -0.25) is 0 Å². The van der Waals surface area contributed by atoms with Crippen LogP contribution in [0.4, 0.5) is 13.2 Å². The summed E-state index contributed by atoms with van der Waals surface area (Å²) in [7, 11) is -1.79. The molecule has 1 unspecified atom stereocenters. The summed E-state index contributed by atoms with van der Waals surface area (Å²) >= 11 is 0. The predicted octanol–water partition coefficient (Wildman–Crippen LogP) is 3.49. The molecular formula is C16H20ClF3S. The second kappa shape index (κ2) is 5.81. The molecule has 0 bridgehead atoms. The maximum absolute atomic E-state index is 13.5. The normalized spacial score (nSPS) is 13.7. The molecule has 0 aliphatic rings. The van der Waals surface area contributed by atoms with Gasteiger partial charge in [0, 0.05) is 22.9 Å². The van der Waals surface area contributed by atoms with E-state index in [2.05, 4.69) is 0 Å². The number of hydrogen-bond acceptors (Lipinski definition) is 0. The number of alkyl halides is 3. The average Bonchev–Trinajstić information content (AvgIpc) is 2.65. The molecule has 0 aliphatic heterocycles. The maximum Gasteiger partial charge on any atom is 0.600 e. The Balaban J connectivity index is 0.00000220. The molecule has 0 spiro atoms. The standard InChI is InChI=1S/C16H20F3S.ClH/c1-10(2)11-6-7-12-9-14(15(3,4)5)20(13(12)8-11)16(17,18)19;/h6-10H,1-5H3;1H/q+1;/p-1. The lowest BCUT2D eigenvalue weighted by Crippen LogP contribution is -3.00. The van der Waals surface area contributed by atoms with Crippen molar-refractivity contribution >= 4 is 20.6 Å². The summed E-state index contributed by atoms with van der Waals surface area (Å²) in [6.07, 6.45) is 0. The molecule has 0 saturated carbocycles. The van der Waals surface area contributed by atoms with E-state index < -0.39 is 21.4 Å². The first-order valence-electron chi connectivity index (χ1n) is 6.69. The molecule has 0 fully saturated rings. The van der Waals surface area contributed by atoms with Gasteiger partial charge in [-0.15, -0.1) is 13.2 Å². The van der Waals surface area contributed by atoms with Crippen LogP contribution in [0.25, 0.3) is 10.1 Å². The van der Waals surface area contributed by atoms with Crippen LogP contribution >= 0.6 is 10.5 Å². The van der Waals surface area contributed by atoms with Gasteiger partial charge in [-0.25, -0.2) is 0 Å². The van der Waals surface area contributed by atoms with E-state index in [-0.39, 0.29) is 18.3 Å². The third-order valence-corrected chi connectivity index (χ3v) is 5.83. The molecule has 5 heteroatoms. The first-order valence-corrected chi connectivity index (χ1v) is 7.91. The quantitative estimate of drug-likeness (QED) is 0.699. The summed E-state index contributed by atoms with van der Waals surface area (Å²) in [6.45, 7) is 9.54. The van der Waals surface area contributed by atoms with Gasteiger partial charge in [0.1, 0.15) is 0 Å². The SMILES string of the molecule is CC(C)c1ccc2cc(C(C)(C)C)[s+](C(F)(F)F)c2c1.[Cl-]. The van der Waals surface area contributed by atoms with Gasteiger partial charge in [-0.1, -0.05) is 40.7 Å². The molecule has 0 aliphatic carbocycles. The third-order valence-electron chi connectivity index (χ3n) is 3.40. The fourth-order valence-corrected chi connectivity index (χ4v) is 4.51. The van der Waals surface area contributed by atoms with Crippen molar-refractivity contribution in [3.8, 4) is 0 Å². The van der Waals surface area contributed by atoms with Gasteiger partial charge in [0.25, 0.3) is 0 Å². The van der Waals surface area contributed by atoms with E-state index in [9.17, 15) is 13.2 Å². The largest absolute Gasteiger partial charge is 1.00 e. The van der Waals surface area contributed by atoms with Crippen LogP contribution in [0.3, 0.4) is 0 Å². The Labute approximate surface area is 132 Å². The molecule has 0 saturated heterocycles. The van der Waals surface area contributed by atoms with Gasteiger partial charge < -0.3 is 12.4 Å². The number of halogens is 4. The van der Waals surface area contributed by atoms with Crippen molar-refractivity contribution in [3.63, 3.8) is 0 Å². The average molecular weight is 337 g/mol. The molecular weight excluding hydrogens is 317 g/mol. The summed E-state index contributed by atoms with van der Waals surface area (Å²) in [6, 6.07) is 7.24. The summed E-state index contributed by atoms with van der Waals surface area (Å²) in [4.78, 5) is 0.487. The maximum atomic E-state index is 13.5. The molecule has 118 valence electrons. The van der Waals surface area contributed by atoms with Crippen molar-refractivity contribution in [2.45, 2.75) is 51.5 Å². The highest BCUT2D eigenvalue weighted by molar-refractivity contribution is 7.38. The Morgan fingerprint density at radius 1 is 1.00 bits per heavy atom. The minimum atomic E-state index is -4.21. The second-order valence-electron chi connectivity index (χ2n) is 6.46. The first-order chi connectivity index (χ1) is 9.01. The van der Waals surface area contributed by atoms with Crippen LogP contribution in [0.15, 0.2) is 24.3 Å². The number of hydrogen-bond donors (Lipinski definition) is 0. The Kier molecular flexibility index (Phi) is 5.06. The highest BCUT2D eigenvalue weighted by Crippen LogP contribution is 2.54.